The Bertz CT molecular complexity index is 1280. The summed E-state index contributed by atoms with van der Waals surface area (Å²) >= 11 is 6.03. The third kappa shape index (κ3) is 4.46. The summed E-state index contributed by atoms with van der Waals surface area (Å²) in [6, 6.07) is 23.7. The molecule has 0 radical (unpaired) electrons. The van der Waals surface area contributed by atoms with Gasteiger partial charge in [-0.25, -0.2) is 4.98 Å². The molecule has 1 aromatic heterocycles. The fraction of sp³-hybridized carbons (Fsp3) is 0.259. The molecular weight excluding hydrogens is 434 g/mol. The van der Waals surface area contributed by atoms with E-state index in [1.165, 1.54) is 0 Å². The summed E-state index contributed by atoms with van der Waals surface area (Å²) in [6.07, 6.45) is 1.30. The average Bonchev–Trinajstić information content (AvgIpc) is 3.39. The molecule has 1 saturated heterocycles. The number of hydrogen-bond donors (Lipinski definition) is 0. The van der Waals surface area contributed by atoms with E-state index in [9.17, 15) is 4.79 Å². The quantitative estimate of drug-likeness (QED) is 0.319. The molecule has 1 atom stereocenters. The molecule has 1 amide bonds. The highest BCUT2D eigenvalue weighted by Gasteiger charge is 2.34. The number of benzene rings is 3. The van der Waals surface area contributed by atoms with Crippen LogP contribution < -0.4 is 9.64 Å². The van der Waals surface area contributed by atoms with Crippen molar-refractivity contribution in [3.05, 3.63) is 89.2 Å². The van der Waals surface area contributed by atoms with E-state index in [-0.39, 0.29) is 11.8 Å². The number of para-hydroxylation sites is 3. The zero-order valence-corrected chi connectivity index (χ0v) is 19.3. The second kappa shape index (κ2) is 9.28. The maximum atomic E-state index is 12.9. The molecule has 1 unspecified atom stereocenters. The predicted molar refractivity (Wildman–Crippen MR) is 132 cm³/mol. The molecule has 0 bridgehead atoms. The monoisotopic (exact) mass is 459 g/mol. The van der Waals surface area contributed by atoms with Gasteiger partial charge in [-0.2, -0.15) is 0 Å². The highest BCUT2D eigenvalue weighted by Crippen LogP contribution is 2.33. The lowest BCUT2D eigenvalue weighted by Gasteiger charge is -2.17. The van der Waals surface area contributed by atoms with Crippen LogP contribution in [0.4, 0.5) is 5.69 Å². The zero-order valence-electron chi connectivity index (χ0n) is 18.6. The number of carbonyl (C=O) groups excluding carboxylic acids is 1. The van der Waals surface area contributed by atoms with Gasteiger partial charge in [0.2, 0.25) is 5.91 Å². The van der Waals surface area contributed by atoms with Crippen molar-refractivity contribution in [1.29, 1.82) is 0 Å². The van der Waals surface area contributed by atoms with E-state index in [0.29, 0.717) is 24.6 Å². The number of carbonyl (C=O) groups is 1. The molecule has 5 rings (SSSR count). The fourth-order valence-corrected chi connectivity index (χ4v) is 4.64. The molecule has 1 fully saturated rings. The van der Waals surface area contributed by atoms with E-state index in [0.717, 1.165) is 46.8 Å². The Morgan fingerprint density at radius 1 is 1.03 bits per heavy atom. The molecule has 1 aliphatic rings. The molecule has 0 aliphatic carbocycles. The second-order valence-electron chi connectivity index (χ2n) is 8.46. The van der Waals surface area contributed by atoms with Crippen molar-refractivity contribution in [1.82, 2.24) is 9.55 Å². The van der Waals surface area contributed by atoms with Gasteiger partial charge in [0.1, 0.15) is 11.6 Å². The van der Waals surface area contributed by atoms with Crippen LogP contribution in [0, 0.1) is 6.92 Å². The van der Waals surface area contributed by atoms with Gasteiger partial charge in [0.15, 0.2) is 0 Å². The standard InChI is InChI=1S/C27H26ClN3O2/c1-19-7-2-5-10-25(19)33-16-6-15-30-24-9-4-3-8-23(24)29-27(30)20-17-26(32)31(18-20)22-13-11-21(28)12-14-22/h2-5,7-14,20H,6,15-18H2,1H3. The first kappa shape index (κ1) is 21.5. The fourth-order valence-electron chi connectivity index (χ4n) is 4.52. The minimum absolute atomic E-state index is 0.0397. The largest absolute Gasteiger partial charge is 0.493 e. The van der Waals surface area contributed by atoms with Crippen molar-refractivity contribution < 1.29 is 9.53 Å². The highest BCUT2D eigenvalue weighted by molar-refractivity contribution is 6.30. The van der Waals surface area contributed by atoms with Gasteiger partial charge < -0.3 is 14.2 Å². The lowest BCUT2D eigenvalue weighted by atomic mass is 10.1. The van der Waals surface area contributed by atoms with Crippen molar-refractivity contribution in [2.45, 2.75) is 32.2 Å². The molecule has 4 aromatic rings. The van der Waals surface area contributed by atoms with Gasteiger partial charge >= 0.3 is 0 Å². The summed E-state index contributed by atoms with van der Waals surface area (Å²) in [5, 5.41) is 0.664. The first-order valence-corrected chi connectivity index (χ1v) is 11.7. The normalized spacial score (nSPS) is 16.0. The number of imidazole rings is 1. The minimum Gasteiger partial charge on any atom is -0.493 e. The lowest BCUT2D eigenvalue weighted by Crippen LogP contribution is -2.24. The van der Waals surface area contributed by atoms with E-state index in [2.05, 4.69) is 23.6 Å². The van der Waals surface area contributed by atoms with Crippen molar-refractivity contribution in [2.24, 2.45) is 0 Å². The molecular formula is C27H26ClN3O2. The Kier molecular flexibility index (Phi) is 6.05. The van der Waals surface area contributed by atoms with Crippen molar-refractivity contribution in [3.8, 4) is 5.75 Å². The summed E-state index contributed by atoms with van der Waals surface area (Å²) in [5.41, 5.74) is 4.07. The Morgan fingerprint density at radius 3 is 2.61 bits per heavy atom. The number of ether oxygens (including phenoxy) is 1. The van der Waals surface area contributed by atoms with E-state index >= 15 is 0 Å². The summed E-state index contributed by atoms with van der Waals surface area (Å²) in [4.78, 5) is 19.6. The van der Waals surface area contributed by atoms with Crippen LogP contribution in [0.3, 0.4) is 0 Å². The van der Waals surface area contributed by atoms with E-state index in [1.54, 1.807) is 0 Å². The van der Waals surface area contributed by atoms with Crippen LogP contribution in [-0.2, 0) is 11.3 Å². The van der Waals surface area contributed by atoms with Crippen LogP contribution in [-0.4, -0.2) is 28.6 Å². The Balaban J connectivity index is 1.35. The first-order chi connectivity index (χ1) is 16.1. The molecule has 2 heterocycles. The Morgan fingerprint density at radius 2 is 1.79 bits per heavy atom. The van der Waals surface area contributed by atoms with Gasteiger partial charge in [0, 0.05) is 36.1 Å². The van der Waals surface area contributed by atoms with E-state index in [4.69, 9.17) is 21.3 Å². The van der Waals surface area contributed by atoms with Gasteiger partial charge in [0.05, 0.1) is 17.6 Å². The molecule has 0 saturated carbocycles. The van der Waals surface area contributed by atoms with Crippen LogP contribution in [0.1, 0.15) is 30.1 Å². The van der Waals surface area contributed by atoms with Crippen LogP contribution in [0.2, 0.25) is 5.02 Å². The molecule has 0 spiro atoms. The van der Waals surface area contributed by atoms with Crippen LogP contribution in [0.25, 0.3) is 11.0 Å². The summed E-state index contributed by atoms with van der Waals surface area (Å²) in [7, 11) is 0. The summed E-state index contributed by atoms with van der Waals surface area (Å²) in [5.74, 6) is 2.05. The molecule has 0 N–H and O–H groups in total. The lowest BCUT2D eigenvalue weighted by molar-refractivity contribution is -0.117. The third-order valence-electron chi connectivity index (χ3n) is 6.19. The summed E-state index contributed by atoms with van der Waals surface area (Å²) < 4.78 is 8.27. The van der Waals surface area contributed by atoms with E-state index in [1.807, 2.05) is 65.6 Å². The summed E-state index contributed by atoms with van der Waals surface area (Å²) in [6.45, 7) is 4.08. The number of amides is 1. The predicted octanol–water partition coefficient (Wildman–Crippen LogP) is 5.99. The number of aryl methyl sites for hydroxylation is 2. The van der Waals surface area contributed by atoms with Gasteiger partial charge in [0.25, 0.3) is 0 Å². The smallest absolute Gasteiger partial charge is 0.227 e. The Hall–Kier alpha value is -3.31. The maximum Gasteiger partial charge on any atom is 0.227 e. The van der Waals surface area contributed by atoms with Crippen molar-refractivity contribution in [2.75, 3.05) is 18.1 Å². The number of fused-ring (bicyclic) bond motifs is 1. The van der Waals surface area contributed by atoms with Crippen molar-refractivity contribution >= 4 is 34.2 Å². The van der Waals surface area contributed by atoms with Crippen LogP contribution in [0.15, 0.2) is 72.8 Å². The number of hydrogen-bond acceptors (Lipinski definition) is 3. The van der Waals surface area contributed by atoms with Crippen LogP contribution in [0.5, 0.6) is 5.75 Å². The SMILES string of the molecule is Cc1ccccc1OCCCn1c(C2CC(=O)N(c3ccc(Cl)cc3)C2)nc2ccccc21. The van der Waals surface area contributed by atoms with Gasteiger partial charge in [-0.05, 0) is 61.4 Å². The second-order valence-corrected chi connectivity index (χ2v) is 8.90. The molecule has 6 heteroatoms. The molecule has 168 valence electrons. The topological polar surface area (TPSA) is 47.4 Å². The van der Waals surface area contributed by atoms with Gasteiger partial charge in [-0.3, -0.25) is 4.79 Å². The first-order valence-electron chi connectivity index (χ1n) is 11.3. The number of nitrogens with zero attached hydrogens (tertiary/aromatic N) is 3. The highest BCUT2D eigenvalue weighted by atomic mass is 35.5. The molecule has 5 nitrogen and oxygen atoms in total. The minimum atomic E-state index is 0.0397. The maximum absolute atomic E-state index is 12.9. The zero-order chi connectivity index (χ0) is 22.8. The third-order valence-corrected chi connectivity index (χ3v) is 6.44. The number of anilines is 1. The number of rotatable bonds is 7. The number of aromatic nitrogens is 2. The van der Waals surface area contributed by atoms with E-state index < -0.39 is 0 Å². The average molecular weight is 460 g/mol. The van der Waals surface area contributed by atoms with Gasteiger partial charge in [-0.1, -0.05) is 41.9 Å². The Labute approximate surface area is 198 Å². The van der Waals surface area contributed by atoms with Crippen molar-refractivity contribution in [3.63, 3.8) is 0 Å². The van der Waals surface area contributed by atoms with Crippen LogP contribution >= 0.6 is 11.6 Å². The number of halogens is 1. The molecule has 33 heavy (non-hydrogen) atoms. The molecule has 3 aromatic carbocycles. The van der Waals surface area contributed by atoms with Gasteiger partial charge in [-0.15, -0.1) is 0 Å². The molecule has 1 aliphatic heterocycles.